The SMILES string of the molecule is CCCCOC(=O)[N+](N)(C(C)=O)[C@@](CC=NO)(C(=O)O)C1CC(c2ccccc2)=NO1. The van der Waals surface area contributed by atoms with Crippen LogP contribution in [0.2, 0.25) is 0 Å². The third-order valence-corrected chi connectivity index (χ3v) is 5.30. The molecule has 0 aromatic heterocycles. The molecule has 0 aliphatic carbocycles. The minimum atomic E-state index is -2.40. The van der Waals surface area contributed by atoms with Gasteiger partial charge in [-0.1, -0.05) is 53.4 Å². The molecule has 0 saturated heterocycles. The number of oxime groups is 2. The van der Waals surface area contributed by atoms with Gasteiger partial charge in [0.25, 0.3) is 5.54 Å². The zero-order valence-corrected chi connectivity index (χ0v) is 17.4. The Kier molecular flexibility index (Phi) is 7.83. The van der Waals surface area contributed by atoms with Crippen molar-refractivity contribution in [3.8, 4) is 0 Å². The molecule has 1 heterocycles. The number of imide groups is 1. The van der Waals surface area contributed by atoms with Gasteiger partial charge >= 0.3 is 18.0 Å². The number of benzene rings is 1. The highest BCUT2D eigenvalue weighted by atomic mass is 16.6. The van der Waals surface area contributed by atoms with Gasteiger partial charge in [-0.05, 0) is 12.0 Å². The van der Waals surface area contributed by atoms with Gasteiger partial charge in [0.15, 0.2) is 0 Å². The molecule has 31 heavy (non-hydrogen) atoms. The summed E-state index contributed by atoms with van der Waals surface area (Å²) >= 11 is 0. The predicted molar refractivity (Wildman–Crippen MR) is 109 cm³/mol. The van der Waals surface area contributed by atoms with Crippen molar-refractivity contribution in [3.05, 3.63) is 35.9 Å². The monoisotopic (exact) mass is 435 g/mol. The minimum absolute atomic E-state index is 0.0408. The van der Waals surface area contributed by atoms with Crippen LogP contribution in [0, 0.1) is 0 Å². The number of amides is 2. The lowest BCUT2D eigenvalue weighted by molar-refractivity contribution is -0.844. The second-order valence-corrected chi connectivity index (χ2v) is 7.14. The molecule has 1 aromatic carbocycles. The molecule has 4 N–H and O–H groups in total. The molecule has 0 spiro atoms. The van der Waals surface area contributed by atoms with Crippen LogP contribution in [0.3, 0.4) is 0 Å². The van der Waals surface area contributed by atoms with Gasteiger partial charge in [0.1, 0.15) is 0 Å². The van der Waals surface area contributed by atoms with Crippen molar-refractivity contribution < 1.29 is 38.9 Å². The Bertz CT molecular complexity index is 874. The van der Waals surface area contributed by atoms with Gasteiger partial charge in [-0.2, -0.15) is 10.6 Å². The van der Waals surface area contributed by atoms with Crippen molar-refractivity contribution in [2.24, 2.45) is 16.2 Å². The zero-order valence-electron chi connectivity index (χ0n) is 17.4. The number of quaternary nitrogens is 1. The Morgan fingerprint density at radius 2 is 2.06 bits per heavy atom. The number of carbonyl (C=O) groups excluding carboxylic acids is 2. The van der Waals surface area contributed by atoms with Crippen LogP contribution in [-0.4, -0.2) is 63.1 Å². The van der Waals surface area contributed by atoms with E-state index in [9.17, 15) is 19.5 Å². The number of hydrogen-bond acceptors (Lipinski definition) is 9. The molecule has 0 radical (unpaired) electrons. The molecular weight excluding hydrogens is 408 g/mol. The van der Waals surface area contributed by atoms with E-state index in [1.807, 2.05) is 6.92 Å². The van der Waals surface area contributed by atoms with Gasteiger partial charge in [0, 0.05) is 6.42 Å². The van der Waals surface area contributed by atoms with E-state index in [0.717, 1.165) is 13.1 Å². The Hall–Kier alpha value is -3.31. The largest absolute Gasteiger partial charge is 0.544 e. The summed E-state index contributed by atoms with van der Waals surface area (Å²) in [6.45, 7) is 2.82. The van der Waals surface area contributed by atoms with Crippen LogP contribution in [-0.2, 0) is 19.2 Å². The van der Waals surface area contributed by atoms with E-state index in [4.69, 9.17) is 20.6 Å². The molecule has 168 valence electrons. The van der Waals surface area contributed by atoms with Crippen LogP contribution >= 0.6 is 0 Å². The van der Waals surface area contributed by atoms with E-state index in [1.165, 1.54) is 0 Å². The maximum absolute atomic E-state index is 12.9. The number of unbranched alkanes of at least 4 members (excludes halogenated alkanes) is 1. The second-order valence-electron chi connectivity index (χ2n) is 7.14. The summed E-state index contributed by atoms with van der Waals surface area (Å²) in [6, 6.07) is 8.88. The molecule has 2 amide bonds. The number of ether oxygens (including phenoxy) is 1. The lowest BCUT2D eigenvalue weighted by Gasteiger charge is -2.41. The van der Waals surface area contributed by atoms with Gasteiger partial charge in [-0.15, -0.1) is 5.16 Å². The average Bonchev–Trinajstić information content (AvgIpc) is 3.24. The quantitative estimate of drug-likeness (QED) is 0.101. The molecule has 11 heteroatoms. The fraction of sp³-hybridized carbons (Fsp3) is 0.450. The van der Waals surface area contributed by atoms with Gasteiger partial charge in [-0.25, -0.2) is 9.59 Å². The second kappa shape index (κ2) is 10.1. The van der Waals surface area contributed by atoms with Crippen LogP contribution in [0.1, 0.15) is 45.1 Å². The third-order valence-electron chi connectivity index (χ3n) is 5.30. The van der Waals surface area contributed by atoms with Crippen LogP contribution < -0.4 is 5.84 Å². The van der Waals surface area contributed by atoms with Gasteiger partial charge in [0.05, 0.1) is 31.9 Å². The number of carbonyl (C=O) groups is 3. The van der Waals surface area contributed by atoms with Gasteiger partial charge in [-0.3, -0.25) is 0 Å². The normalized spacial score (nSPS) is 19.7. The number of hydrogen-bond donors (Lipinski definition) is 3. The molecule has 0 fully saturated rings. The summed E-state index contributed by atoms with van der Waals surface area (Å²) in [5.74, 6) is 3.63. The summed E-state index contributed by atoms with van der Waals surface area (Å²) in [6.07, 6.45) is -1.16. The number of nitrogens with zero attached hydrogens (tertiary/aromatic N) is 3. The molecular formula is C20H27N4O7+. The summed E-state index contributed by atoms with van der Waals surface area (Å²) in [7, 11) is 0. The molecule has 1 aromatic rings. The van der Waals surface area contributed by atoms with Crippen molar-refractivity contribution >= 4 is 29.9 Å². The highest BCUT2D eigenvalue weighted by Crippen LogP contribution is 2.37. The summed E-state index contributed by atoms with van der Waals surface area (Å²) in [5, 5.41) is 26.0. The van der Waals surface area contributed by atoms with Gasteiger partial charge < -0.3 is 19.9 Å². The highest BCUT2D eigenvalue weighted by Gasteiger charge is 2.71. The maximum Gasteiger partial charge on any atom is 0.544 e. The average molecular weight is 435 g/mol. The summed E-state index contributed by atoms with van der Waals surface area (Å²) in [5.41, 5.74) is -1.29. The van der Waals surface area contributed by atoms with E-state index in [-0.39, 0.29) is 13.0 Å². The van der Waals surface area contributed by atoms with Crippen molar-refractivity contribution in [3.63, 3.8) is 0 Å². The highest BCUT2D eigenvalue weighted by molar-refractivity contribution is 6.02. The predicted octanol–water partition coefficient (Wildman–Crippen LogP) is 2.03. The van der Waals surface area contributed by atoms with Crippen LogP contribution in [0.15, 0.2) is 40.6 Å². The Balaban J connectivity index is 2.53. The maximum atomic E-state index is 12.9. The first-order chi connectivity index (χ1) is 14.8. The standard InChI is InChI=1S/C20H26N4O7/c1-3-4-12-30-19(28)24(21,14(2)25)20(18(26)27,10-11-22-29)17-13-16(23-31-17)15-8-6-5-7-9-15/h5-9,11,17H,3-4,10,12-13,21H2,1-2H3,(H-,26,27,29)/p+1/t17?,20-,24?/m1/s1. The number of carboxylic acids is 1. The molecule has 1 aliphatic rings. The smallest absolute Gasteiger partial charge is 0.476 e. The molecule has 0 saturated carbocycles. The Morgan fingerprint density at radius 1 is 1.39 bits per heavy atom. The number of rotatable bonds is 9. The first kappa shape index (κ1) is 24.0. The molecule has 0 bridgehead atoms. The molecule has 1 aliphatic heterocycles. The first-order valence-corrected chi connectivity index (χ1v) is 9.79. The van der Waals surface area contributed by atoms with E-state index in [2.05, 4.69) is 10.3 Å². The summed E-state index contributed by atoms with van der Waals surface area (Å²) < 4.78 is 3.40. The lowest BCUT2D eigenvalue weighted by atomic mass is 9.82. The van der Waals surface area contributed by atoms with E-state index < -0.39 is 40.6 Å². The first-order valence-electron chi connectivity index (χ1n) is 9.79. The zero-order chi connectivity index (χ0) is 23.1. The van der Waals surface area contributed by atoms with Crippen molar-refractivity contribution in [1.29, 1.82) is 0 Å². The number of carboxylic acid groups (broad SMARTS) is 1. The van der Waals surface area contributed by atoms with Gasteiger partial charge in [0.2, 0.25) is 6.10 Å². The van der Waals surface area contributed by atoms with Crippen molar-refractivity contribution in [1.82, 2.24) is 0 Å². The molecule has 2 rings (SSSR count). The topological polar surface area (TPSA) is 161 Å². The van der Waals surface area contributed by atoms with Crippen LogP contribution in [0.25, 0.3) is 0 Å². The van der Waals surface area contributed by atoms with E-state index >= 15 is 0 Å². The molecule has 11 nitrogen and oxygen atoms in total. The van der Waals surface area contributed by atoms with Crippen LogP contribution in [0.4, 0.5) is 4.79 Å². The Morgan fingerprint density at radius 3 is 2.61 bits per heavy atom. The Labute approximate surface area is 179 Å². The molecule has 2 unspecified atom stereocenters. The van der Waals surface area contributed by atoms with Crippen LogP contribution in [0.5, 0.6) is 0 Å². The number of nitrogens with two attached hydrogens (primary N) is 1. The lowest BCUT2D eigenvalue weighted by Crippen LogP contribution is -2.80. The number of aliphatic carboxylic acids is 1. The fourth-order valence-electron chi connectivity index (χ4n) is 3.47. The van der Waals surface area contributed by atoms with E-state index in [0.29, 0.717) is 24.1 Å². The van der Waals surface area contributed by atoms with Crippen molar-refractivity contribution in [2.45, 2.75) is 51.2 Å². The third kappa shape index (κ3) is 4.42. The summed E-state index contributed by atoms with van der Waals surface area (Å²) in [4.78, 5) is 43.6. The van der Waals surface area contributed by atoms with Crippen molar-refractivity contribution in [2.75, 3.05) is 6.61 Å². The van der Waals surface area contributed by atoms with E-state index in [1.54, 1.807) is 30.3 Å². The molecule has 3 atom stereocenters. The fourth-order valence-corrected chi connectivity index (χ4v) is 3.47. The minimum Gasteiger partial charge on any atom is -0.476 e.